The molecule has 0 radical (unpaired) electrons. The topological polar surface area (TPSA) is 98.8 Å². The Labute approximate surface area is 218 Å². The van der Waals surface area contributed by atoms with Crippen molar-refractivity contribution in [1.29, 1.82) is 0 Å². The van der Waals surface area contributed by atoms with Crippen molar-refractivity contribution in [3.63, 3.8) is 0 Å². The lowest BCUT2D eigenvalue weighted by atomic mass is 10.2. The Morgan fingerprint density at radius 2 is 1.09 bits per heavy atom. The number of thiocarbonyl (C=S) groups is 2. The van der Waals surface area contributed by atoms with Crippen LogP contribution in [0.15, 0.2) is 9.81 Å². The third kappa shape index (κ3) is 6.00. The van der Waals surface area contributed by atoms with Gasteiger partial charge in [-0.3, -0.25) is 29.0 Å². The fourth-order valence-corrected chi connectivity index (χ4v) is 7.39. The molecule has 4 amide bonds. The first-order valence-corrected chi connectivity index (χ1v) is 14.2. The lowest BCUT2D eigenvalue weighted by Gasteiger charge is -2.16. The Kier molecular flexibility index (Phi) is 8.65. The van der Waals surface area contributed by atoms with Crippen LogP contribution < -0.4 is 10.6 Å². The second-order valence-electron chi connectivity index (χ2n) is 8.91. The van der Waals surface area contributed by atoms with Gasteiger partial charge in [0.25, 0.3) is 11.8 Å². The summed E-state index contributed by atoms with van der Waals surface area (Å²) in [5, 5.41) is 6.02. The average Bonchev–Trinajstić information content (AvgIpc) is 3.57. The third-order valence-corrected chi connectivity index (χ3v) is 9.50. The summed E-state index contributed by atoms with van der Waals surface area (Å²) < 4.78 is 0.657. The lowest BCUT2D eigenvalue weighted by Crippen LogP contribution is -2.37. The highest BCUT2D eigenvalue weighted by Crippen LogP contribution is 2.42. The highest BCUT2D eigenvalue weighted by molar-refractivity contribution is 8.29. The van der Waals surface area contributed by atoms with Gasteiger partial charge >= 0.3 is 0 Å². The monoisotopic (exact) mass is 540 g/mol. The fraction of sp³-hybridized carbons (Fsp3) is 0.636. The molecular formula is C22H28N4O4S4. The van der Waals surface area contributed by atoms with Crippen molar-refractivity contribution in [1.82, 2.24) is 20.4 Å². The molecule has 0 atom stereocenters. The molecule has 2 aliphatic heterocycles. The van der Waals surface area contributed by atoms with E-state index >= 15 is 0 Å². The smallest absolute Gasteiger partial charge is 0.267 e. The SMILES string of the molecule is O=C(CCN1C(=O)C(=C2SC(=S)N(CCC(=O)NC3CCCC3)C2=O)SC1=S)NC1CCCC1. The van der Waals surface area contributed by atoms with Gasteiger partial charge in [0.2, 0.25) is 11.8 Å². The molecule has 2 heterocycles. The predicted molar refractivity (Wildman–Crippen MR) is 141 cm³/mol. The van der Waals surface area contributed by atoms with E-state index in [0.717, 1.165) is 74.9 Å². The van der Waals surface area contributed by atoms with Crippen LogP contribution in [-0.2, 0) is 19.2 Å². The summed E-state index contributed by atoms with van der Waals surface area (Å²) >= 11 is 12.8. The zero-order valence-corrected chi connectivity index (χ0v) is 22.1. The molecule has 184 valence electrons. The van der Waals surface area contributed by atoms with Gasteiger partial charge in [0, 0.05) is 38.0 Å². The highest BCUT2D eigenvalue weighted by atomic mass is 32.2. The number of amides is 4. The second kappa shape index (κ2) is 11.5. The van der Waals surface area contributed by atoms with Gasteiger partial charge < -0.3 is 10.6 Å². The van der Waals surface area contributed by atoms with E-state index in [4.69, 9.17) is 24.4 Å². The third-order valence-electron chi connectivity index (χ3n) is 6.47. The number of hydrogen-bond donors (Lipinski definition) is 2. The first kappa shape index (κ1) is 25.6. The van der Waals surface area contributed by atoms with Crippen molar-refractivity contribution in [2.45, 2.75) is 76.3 Å². The quantitative estimate of drug-likeness (QED) is 0.358. The van der Waals surface area contributed by atoms with Gasteiger partial charge in [0.1, 0.15) is 8.64 Å². The number of nitrogens with one attached hydrogen (secondary N) is 2. The molecule has 0 bridgehead atoms. The molecule has 0 aromatic rings. The number of carbonyl (C=O) groups is 4. The minimum Gasteiger partial charge on any atom is -0.353 e. The Morgan fingerprint density at radius 3 is 1.44 bits per heavy atom. The van der Waals surface area contributed by atoms with Gasteiger partial charge in [-0.1, -0.05) is 73.6 Å². The van der Waals surface area contributed by atoms with Crippen molar-refractivity contribution >= 4 is 80.2 Å². The van der Waals surface area contributed by atoms with Gasteiger partial charge in [-0.15, -0.1) is 0 Å². The van der Waals surface area contributed by atoms with Crippen LogP contribution in [0, 0.1) is 0 Å². The van der Waals surface area contributed by atoms with E-state index in [0.29, 0.717) is 8.64 Å². The number of carbonyl (C=O) groups excluding carboxylic acids is 4. The molecule has 4 rings (SSSR count). The number of hydrogen-bond acceptors (Lipinski definition) is 8. The minimum atomic E-state index is -0.372. The zero-order chi connectivity index (χ0) is 24.2. The summed E-state index contributed by atoms with van der Waals surface area (Å²) in [5.74, 6) is -0.933. The molecule has 2 N–H and O–H groups in total. The fourth-order valence-electron chi connectivity index (χ4n) is 4.62. The number of rotatable bonds is 8. The Bertz CT molecular complexity index is 867. The minimum absolute atomic E-state index is 0.0943. The zero-order valence-electron chi connectivity index (χ0n) is 18.8. The lowest BCUT2D eigenvalue weighted by molar-refractivity contribution is -0.126. The second-order valence-corrected chi connectivity index (χ2v) is 12.2. The average molecular weight is 541 g/mol. The van der Waals surface area contributed by atoms with E-state index < -0.39 is 0 Å². The summed E-state index contributed by atoms with van der Waals surface area (Å²) in [7, 11) is 0. The van der Waals surface area contributed by atoms with Crippen LogP contribution in [0.2, 0.25) is 0 Å². The van der Waals surface area contributed by atoms with E-state index in [1.807, 2.05) is 0 Å². The Morgan fingerprint density at radius 1 is 0.735 bits per heavy atom. The van der Waals surface area contributed by atoms with Crippen molar-refractivity contribution < 1.29 is 19.2 Å². The van der Waals surface area contributed by atoms with E-state index in [1.165, 1.54) is 9.80 Å². The van der Waals surface area contributed by atoms with Crippen LogP contribution in [0.25, 0.3) is 0 Å². The maximum Gasteiger partial charge on any atom is 0.267 e. The molecule has 4 aliphatic rings. The van der Waals surface area contributed by atoms with Crippen LogP contribution in [0.1, 0.15) is 64.2 Å². The summed E-state index contributed by atoms with van der Waals surface area (Å²) in [6, 6.07) is 0.445. The largest absolute Gasteiger partial charge is 0.353 e. The summed E-state index contributed by atoms with van der Waals surface area (Å²) in [4.78, 5) is 53.8. The van der Waals surface area contributed by atoms with Gasteiger partial charge in [-0.05, 0) is 25.7 Å². The molecule has 2 saturated heterocycles. The normalized spacial score (nSPS) is 24.1. The maximum atomic E-state index is 13.0. The number of thioether (sulfide) groups is 2. The van der Waals surface area contributed by atoms with E-state index in [1.54, 1.807) is 0 Å². The first-order chi connectivity index (χ1) is 16.3. The van der Waals surface area contributed by atoms with Gasteiger partial charge in [0.15, 0.2) is 0 Å². The predicted octanol–water partition coefficient (Wildman–Crippen LogP) is 2.82. The van der Waals surface area contributed by atoms with Gasteiger partial charge in [0.05, 0.1) is 9.81 Å². The van der Waals surface area contributed by atoms with Gasteiger partial charge in [-0.2, -0.15) is 0 Å². The molecule has 0 spiro atoms. The number of nitrogens with zero attached hydrogens (tertiary/aromatic N) is 2. The van der Waals surface area contributed by atoms with Crippen molar-refractivity contribution in [2.24, 2.45) is 0 Å². The molecular weight excluding hydrogens is 513 g/mol. The molecule has 2 saturated carbocycles. The summed E-state index contributed by atoms with van der Waals surface area (Å²) in [6.45, 7) is 0.350. The highest BCUT2D eigenvalue weighted by Gasteiger charge is 2.42. The van der Waals surface area contributed by atoms with E-state index in [9.17, 15) is 19.2 Å². The van der Waals surface area contributed by atoms with E-state index in [-0.39, 0.29) is 71.5 Å². The summed E-state index contributed by atoms with van der Waals surface area (Å²) in [5.41, 5.74) is 0. The molecule has 0 unspecified atom stereocenters. The van der Waals surface area contributed by atoms with Crippen LogP contribution in [-0.4, -0.2) is 67.2 Å². The van der Waals surface area contributed by atoms with Crippen LogP contribution in [0.5, 0.6) is 0 Å². The van der Waals surface area contributed by atoms with Crippen LogP contribution >= 0.6 is 48.0 Å². The molecule has 0 aromatic carbocycles. The molecule has 0 aromatic heterocycles. The standard InChI is InChI=1S/C22H28N4O4S4/c27-15(23-13-5-1-2-6-13)9-11-25-19(29)17(33-21(25)31)18-20(30)26(22(32)34-18)12-10-16(28)24-14-7-3-4-8-14/h13-14H,1-12H2,(H,23,27)(H,24,28). The van der Waals surface area contributed by atoms with Crippen LogP contribution in [0.3, 0.4) is 0 Å². The first-order valence-electron chi connectivity index (χ1n) is 11.7. The molecule has 2 aliphatic carbocycles. The van der Waals surface area contributed by atoms with Crippen molar-refractivity contribution in [3.05, 3.63) is 9.81 Å². The Balaban J connectivity index is 1.32. The van der Waals surface area contributed by atoms with Gasteiger partial charge in [-0.25, -0.2) is 0 Å². The molecule has 12 heteroatoms. The van der Waals surface area contributed by atoms with Crippen LogP contribution in [0.4, 0.5) is 0 Å². The summed E-state index contributed by atoms with van der Waals surface area (Å²) in [6.07, 6.45) is 8.82. The van der Waals surface area contributed by atoms with E-state index in [2.05, 4.69) is 10.6 Å². The molecule has 4 fully saturated rings. The Hall–Kier alpha value is -1.50. The maximum absolute atomic E-state index is 13.0. The molecule has 34 heavy (non-hydrogen) atoms. The van der Waals surface area contributed by atoms with Crippen molar-refractivity contribution in [2.75, 3.05) is 13.1 Å². The molecule has 8 nitrogen and oxygen atoms in total. The van der Waals surface area contributed by atoms with Crippen molar-refractivity contribution in [3.8, 4) is 0 Å².